The Labute approximate surface area is 141 Å². The largest absolute Gasteiger partial charge is 0.382 e. The zero-order valence-electron chi connectivity index (χ0n) is 15.1. The van der Waals surface area contributed by atoms with E-state index in [0.29, 0.717) is 6.04 Å². The second-order valence-corrected chi connectivity index (χ2v) is 6.26. The van der Waals surface area contributed by atoms with E-state index in [9.17, 15) is 4.79 Å². The van der Waals surface area contributed by atoms with Crippen molar-refractivity contribution in [3.8, 4) is 0 Å². The minimum Gasteiger partial charge on any atom is -0.382 e. The number of hydrogen-bond acceptors (Lipinski definition) is 3. The summed E-state index contributed by atoms with van der Waals surface area (Å²) in [5.74, 6) is 0.787. The Morgan fingerprint density at radius 3 is 2.61 bits per heavy atom. The molecule has 1 aliphatic rings. The third kappa shape index (κ3) is 9.43. The van der Waals surface area contributed by atoms with Gasteiger partial charge in [0.1, 0.15) is 6.54 Å². The number of likely N-dealkylation sites (N-methyl/N-ethyl adjacent to an activating group) is 1. The van der Waals surface area contributed by atoms with Crippen LogP contribution in [0.3, 0.4) is 0 Å². The lowest BCUT2D eigenvalue weighted by Crippen LogP contribution is -2.45. The zero-order valence-corrected chi connectivity index (χ0v) is 15.1. The number of nitrogens with one attached hydrogen (secondary N) is 2. The molecule has 23 heavy (non-hydrogen) atoms. The van der Waals surface area contributed by atoms with Crippen LogP contribution in [0.25, 0.3) is 0 Å². The van der Waals surface area contributed by atoms with E-state index in [1.54, 1.807) is 19.0 Å². The SMILES string of the molecule is CCOCCCCNC(=NCC(=O)N(C)C)NC1CCCCC1. The monoisotopic (exact) mass is 326 g/mol. The Bertz CT molecular complexity index is 353. The Kier molecular flexibility index (Phi) is 10.4. The van der Waals surface area contributed by atoms with Gasteiger partial charge in [0.2, 0.25) is 5.91 Å². The second-order valence-electron chi connectivity index (χ2n) is 6.26. The van der Waals surface area contributed by atoms with E-state index >= 15 is 0 Å². The molecule has 1 rings (SSSR count). The first-order chi connectivity index (χ1) is 11.1. The lowest BCUT2D eigenvalue weighted by molar-refractivity contribution is -0.127. The Morgan fingerprint density at radius 1 is 1.22 bits per heavy atom. The average molecular weight is 326 g/mol. The Balaban J connectivity index is 2.40. The summed E-state index contributed by atoms with van der Waals surface area (Å²) in [5, 5.41) is 6.84. The Hall–Kier alpha value is -1.30. The molecule has 0 bridgehead atoms. The maximum Gasteiger partial charge on any atom is 0.243 e. The van der Waals surface area contributed by atoms with Gasteiger partial charge in [-0.1, -0.05) is 19.3 Å². The van der Waals surface area contributed by atoms with Crippen molar-refractivity contribution in [2.45, 2.75) is 57.9 Å². The van der Waals surface area contributed by atoms with Gasteiger partial charge in [-0.2, -0.15) is 0 Å². The summed E-state index contributed by atoms with van der Waals surface area (Å²) in [5.41, 5.74) is 0. The first-order valence-corrected chi connectivity index (χ1v) is 8.96. The quantitative estimate of drug-likeness (QED) is 0.385. The van der Waals surface area contributed by atoms with Crippen LogP contribution in [0, 0.1) is 0 Å². The maximum atomic E-state index is 11.7. The standard InChI is InChI=1S/C17H34N4O2/c1-4-23-13-9-8-12-18-17(19-14-16(22)21(2)3)20-15-10-6-5-7-11-15/h15H,4-14H2,1-3H3,(H2,18,19,20). The van der Waals surface area contributed by atoms with E-state index < -0.39 is 0 Å². The van der Waals surface area contributed by atoms with Crippen LogP contribution in [0.5, 0.6) is 0 Å². The number of hydrogen-bond donors (Lipinski definition) is 2. The van der Waals surface area contributed by atoms with Crippen LogP contribution in [-0.4, -0.2) is 63.2 Å². The van der Waals surface area contributed by atoms with Crippen molar-refractivity contribution in [3.63, 3.8) is 0 Å². The average Bonchev–Trinajstić information content (AvgIpc) is 2.56. The van der Waals surface area contributed by atoms with Gasteiger partial charge in [-0.15, -0.1) is 0 Å². The predicted octanol–water partition coefficient (Wildman–Crippen LogP) is 1.76. The molecular weight excluding hydrogens is 292 g/mol. The topological polar surface area (TPSA) is 66.0 Å². The van der Waals surface area contributed by atoms with E-state index in [-0.39, 0.29) is 12.5 Å². The minimum atomic E-state index is 0.0195. The van der Waals surface area contributed by atoms with E-state index in [2.05, 4.69) is 15.6 Å². The number of ether oxygens (including phenoxy) is 1. The van der Waals surface area contributed by atoms with Crippen molar-refractivity contribution in [3.05, 3.63) is 0 Å². The number of unbranched alkanes of at least 4 members (excludes halogenated alkanes) is 1. The van der Waals surface area contributed by atoms with E-state index in [4.69, 9.17) is 4.74 Å². The van der Waals surface area contributed by atoms with E-state index in [1.165, 1.54) is 32.1 Å². The highest BCUT2D eigenvalue weighted by molar-refractivity contribution is 5.84. The van der Waals surface area contributed by atoms with Crippen LogP contribution in [0.4, 0.5) is 0 Å². The molecule has 1 fully saturated rings. The molecule has 2 N–H and O–H groups in total. The van der Waals surface area contributed by atoms with Gasteiger partial charge in [-0.05, 0) is 32.6 Å². The number of carbonyl (C=O) groups is 1. The number of nitrogens with zero attached hydrogens (tertiary/aromatic N) is 2. The number of amides is 1. The van der Waals surface area contributed by atoms with Crippen molar-refractivity contribution in [2.75, 3.05) is 40.4 Å². The van der Waals surface area contributed by atoms with Gasteiger partial charge in [-0.25, -0.2) is 4.99 Å². The van der Waals surface area contributed by atoms with Gasteiger partial charge in [0.05, 0.1) is 0 Å². The normalized spacial score (nSPS) is 16.2. The molecule has 0 heterocycles. The molecule has 0 unspecified atom stereocenters. The van der Waals surface area contributed by atoms with Crippen LogP contribution in [0.1, 0.15) is 51.9 Å². The molecule has 6 nitrogen and oxygen atoms in total. The van der Waals surface area contributed by atoms with Gasteiger partial charge in [0.15, 0.2) is 5.96 Å². The molecule has 1 saturated carbocycles. The van der Waals surface area contributed by atoms with Crippen LogP contribution in [-0.2, 0) is 9.53 Å². The smallest absolute Gasteiger partial charge is 0.243 e. The van der Waals surface area contributed by atoms with E-state index in [0.717, 1.165) is 38.6 Å². The number of aliphatic imine (C=N–C) groups is 1. The number of carbonyl (C=O) groups excluding carboxylic acids is 1. The van der Waals surface area contributed by atoms with Crippen molar-refractivity contribution in [1.29, 1.82) is 0 Å². The lowest BCUT2D eigenvalue weighted by atomic mass is 9.96. The van der Waals surface area contributed by atoms with Gasteiger partial charge < -0.3 is 20.3 Å². The summed E-state index contributed by atoms with van der Waals surface area (Å²) < 4.78 is 5.34. The fraction of sp³-hybridized carbons (Fsp3) is 0.882. The fourth-order valence-corrected chi connectivity index (χ4v) is 2.56. The van der Waals surface area contributed by atoms with Gasteiger partial charge >= 0.3 is 0 Å². The molecule has 1 amide bonds. The highest BCUT2D eigenvalue weighted by Crippen LogP contribution is 2.17. The number of guanidine groups is 1. The Morgan fingerprint density at radius 2 is 1.96 bits per heavy atom. The molecule has 0 atom stereocenters. The van der Waals surface area contributed by atoms with Crippen LogP contribution < -0.4 is 10.6 Å². The molecule has 6 heteroatoms. The summed E-state index contributed by atoms with van der Waals surface area (Å²) in [7, 11) is 3.51. The summed E-state index contributed by atoms with van der Waals surface area (Å²) in [4.78, 5) is 17.8. The van der Waals surface area contributed by atoms with Crippen molar-refractivity contribution in [1.82, 2.24) is 15.5 Å². The van der Waals surface area contributed by atoms with Crippen LogP contribution in [0.15, 0.2) is 4.99 Å². The summed E-state index contributed by atoms with van der Waals surface area (Å²) in [6.45, 7) is 4.63. The van der Waals surface area contributed by atoms with Crippen molar-refractivity contribution >= 4 is 11.9 Å². The van der Waals surface area contributed by atoms with Gasteiger partial charge in [0, 0.05) is 39.9 Å². The molecule has 0 aromatic rings. The van der Waals surface area contributed by atoms with Gasteiger partial charge in [0.25, 0.3) is 0 Å². The maximum absolute atomic E-state index is 11.7. The summed E-state index contributed by atoms with van der Waals surface area (Å²) in [6, 6.07) is 0.480. The van der Waals surface area contributed by atoms with Crippen LogP contribution >= 0.6 is 0 Å². The molecule has 1 aliphatic carbocycles. The highest BCUT2D eigenvalue weighted by Gasteiger charge is 2.15. The first kappa shape index (κ1) is 19.7. The van der Waals surface area contributed by atoms with Crippen molar-refractivity contribution < 1.29 is 9.53 Å². The molecule has 0 radical (unpaired) electrons. The molecular formula is C17H34N4O2. The predicted molar refractivity (Wildman–Crippen MR) is 94.7 cm³/mol. The molecule has 0 aromatic heterocycles. The third-order valence-corrected chi connectivity index (χ3v) is 4.03. The molecule has 0 aliphatic heterocycles. The van der Waals surface area contributed by atoms with E-state index in [1.807, 2.05) is 6.92 Å². The summed E-state index contributed by atoms with van der Waals surface area (Å²) >= 11 is 0. The lowest BCUT2D eigenvalue weighted by Gasteiger charge is -2.25. The third-order valence-electron chi connectivity index (χ3n) is 4.03. The molecule has 0 aromatic carbocycles. The van der Waals surface area contributed by atoms with Gasteiger partial charge in [-0.3, -0.25) is 4.79 Å². The molecule has 134 valence electrons. The fourth-order valence-electron chi connectivity index (χ4n) is 2.56. The number of rotatable bonds is 9. The molecule has 0 spiro atoms. The zero-order chi connectivity index (χ0) is 16.9. The first-order valence-electron chi connectivity index (χ1n) is 8.96. The molecule has 0 saturated heterocycles. The van der Waals surface area contributed by atoms with Crippen molar-refractivity contribution in [2.24, 2.45) is 4.99 Å². The highest BCUT2D eigenvalue weighted by atomic mass is 16.5. The van der Waals surface area contributed by atoms with Crippen LogP contribution in [0.2, 0.25) is 0 Å². The summed E-state index contributed by atoms with van der Waals surface area (Å²) in [6.07, 6.45) is 8.32. The second kappa shape index (κ2) is 12.2. The minimum absolute atomic E-state index is 0.0195.